The number of piperidine rings is 1. The van der Waals surface area contributed by atoms with E-state index in [1.54, 1.807) is 4.90 Å². The monoisotopic (exact) mass is 408 g/mol. The number of anilines is 1. The summed E-state index contributed by atoms with van der Waals surface area (Å²) < 4.78 is 0. The maximum Gasteiger partial charge on any atom is 0.321 e. The van der Waals surface area contributed by atoms with Crippen molar-refractivity contribution >= 4 is 30.0 Å². The molecule has 28 heavy (non-hydrogen) atoms. The zero-order valence-corrected chi connectivity index (χ0v) is 17.9. The molecule has 0 bridgehead atoms. The number of rotatable bonds is 6. The summed E-state index contributed by atoms with van der Waals surface area (Å²) in [4.78, 5) is 26.5. The molecule has 2 atom stereocenters. The van der Waals surface area contributed by atoms with Gasteiger partial charge in [-0.25, -0.2) is 4.79 Å². The van der Waals surface area contributed by atoms with Crippen molar-refractivity contribution in [3.63, 3.8) is 0 Å². The first kappa shape index (κ1) is 22.5. The highest BCUT2D eigenvalue weighted by Gasteiger charge is 2.57. The number of nitrogens with one attached hydrogen (secondary N) is 3. The topological polar surface area (TPSA) is 73.5 Å². The normalized spacial score (nSPS) is 20.6. The second-order valence-corrected chi connectivity index (χ2v) is 7.82. The summed E-state index contributed by atoms with van der Waals surface area (Å²) in [5, 5.41) is 9.46. The molecule has 2 fully saturated rings. The Hall–Kier alpha value is -1.79. The Bertz CT molecular complexity index is 669. The second kappa shape index (κ2) is 9.61. The quantitative estimate of drug-likeness (QED) is 0.673. The number of urea groups is 1. The van der Waals surface area contributed by atoms with Crippen LogP contribution >= 0.6 is 12.4 Å². The van der Waals surface area contributed by atoms with E-state index in [1.807, 2.05) is 45.0 Å². The lowest BCUT2D eigenvalue weighted by molar-refractivity contribution is -0.123. The van der Waals surface area contributed by atoms with E-state index in [1.165, 1.54) is 0 Å². The van der Waals surface area contributed by atoms with Gasteiger partial charge in [0.15, 0.2) is 0 Å². The minimum absolute atomic E-state index is 0. The number of benzene rings is 1. The summed E-state index contributed by atoms with van der Waals surface area (Å²) in [6.07, 6.45) is 3.25. The standard InChI is InChI=1S/C21H32N4O2.ClH/c1-4-25(5-2)20(27)24-17-8-6-16(7-9-17)15(3)23-19(26)18-14-21(18)10-12-22-13-11-21;/h6-9,15,18,22H,4-5,10-14H2,1-3H3,(H,23,26)(H,24,27);1H. The third-order valence-corrected chi connectivity index (χ3v) is 6.18. The van der Waals surface area contributed by atoms with Crippen molar-refractivity contribution in [3.05, 3.63) is 29.8 Å². The van der Waals surface area contributed by atoms with E-state index in [-0.39, 0.29) is 41.7 Å². The predicted octanol–water partition coefficient (Wildman–Crippen LogP) is 3.55. The highest BCUT2D eigenvalue weighted by Crippen LogP contribution is 2.58. The number of halogens is 1. The van der Waals surface area contributed by atoms with E-state index in [2.05, 4.69) is 16.0 Å². The van der Waals surface area contributed by atoms with Gasteiger partial charge in [0.1, 0.15) is 0 Å². The van der Waals surface area contributed by atoms with Crippen molar-refractivity contribution in [1.29, 1.82) is 0 Å². The number of hydrogen-bond acceptors (Lipinski definition) is 3. The van der Waals surface area contributed by atoms with Crippen molar-refractivity contribution in [3.8, 4) is 0 Å². The van der Waals surface area contributed by atoms with Gasteiger partial charge < -0.3 is 20.9 Å². The van der Waals surface area contributed by atoms with Gasteiger partial charge in [-0.05, 0) is 76.2 Å². The molecule has 156 valence electrons. The largest absolute Gasteiger partial charge is 0.349 e. The van der Waals surface area contributed by atoms with E-state index in [4.69, 9.17) is 0 Å². The van der Waals surface area contributed by atoms with Crippen LogP contribution in [0.2, 0.25) is 0 Å². The van der Waals surface area contributed by atoms with Gasteiger partial charge in [-0.1, -0.05) is 12.1 Å². The molecular formula is C21H33ClN4O2. The smallest absolute Gasteiger partial charge is 0.321 e. The first-order chi connectivity index (χ1) is 13.0. The number of amides is 3. The van der Waals surface area contributed by atoms with Crippen LogP contribution in [0.1, 0.15) is 51.6 Å². The van der Waals surface area contributed by atoms with Crippen LogP contribution < -0.4 is 16.0 Å². The van der Waals surface area contributed by atoms with Crippen LogP contribution in [-0.2, 0) is 4.79 Å². The zero-order chi connectivity index (χ0) is 19.4. The molecule has 3 rings (SSSR count). The molecule has 1 saturated heterocycles. The third kappa shape index (κ3) is 4.97. The van der Waals surface area contributed by atoms with Crippen molar-refractivity contribution in [1.82, 2.24) is 15.5 Å². The molecule has 1 aliphatic carbocycles. The van der Waals surface area contributed by atoms with E-state index >= 15 is 0 Å². The fraction of sp³-hybridized carbons (Fsp3) is 0.619. The average Bonchev–Trinajstić information content (AvgIpc) is 3.36. The highest BCUT2D eigenvalue weighted by molar-refractivity contribution is 5.89. The van der Waals surface area contributed by atoms with Gasteiger partial charge >= 0.3 is 6.03 Å². The van der Waals surface area contributed by atoms with E-state index < -0.39 is 0 Å². The van der Waals surface area contributed by atoms with Crippen LogP contribution in [0.25, 0.3) is 0 Å². The lowest BCUT2D eigenvalue weighted by Gasteiger charge is -2.24. The Morgan fingerprint density at radius 3 is 2.36 bits per heavy atom. The number of carbonyl (C=O) groups excluding carboxylic acids is 2. The molecule has 6 nitrogen and oxygen atoms in total. The molecule has 1 spiro atoms. The molecule has 3 amide bonds. The maximum absolute atomic E-state index is 12.6. The van der Waals surface area contributed by atoms with Gasteiger partial charge in [-0.2, -0.15) is 0 Å². The first-order valence-electron chi connectivity index (χ1n) is 10.2. The molecule has 1 aliphatic heterocycles. The molecule has 1 aromatic carbocycles. The van der Waals surface area contributed by atoms with Gasteiger partial charge in [-0.3, -0.25) is 4.79 Å². The minimum atomic E-state index is -0.0879. The lowest BCUT2D eigenvalue weighted by Crippen LogP contribution is -2.34. The fourth-order valence-corrected chi connectivity index (χ4v) is 4.16. The lowest BCUT2D eigenvalue weighted by atomic mass is 9.91. The molecule has 3 N–H and O–H groups in total. The van der Waals surface area contributed by atoms with Crippen molar-refractivity contribution in [2.45, 2.75) is 46.1 Å². The van der Waals surface area contributed by atoms with Crippen LogP contribution in [0.4, 0.5) is 10.5 Å². The molecule has 1 saturated carbocycles. The fourth-order valence-electron chi connectivity index (χ4n) is 4.16. The molecule has 1 heterocycles. The SMILES string of the molecule is CCN(CC)C(=O)Nc1ccc(C(C)NC(=O)C2CC23CCNCC3)cc1.Cl. The molecule has 2 aliphatic rings. The Morgan fingerprint density at radius 1 is 1.18 bits per heavy atom. The summed E-state index contributed by atoms with van der Waals surface area (Å²) >= 11 is 0. The Balaban J connectivity index is 0.00000280. The first-order valence-corrected chi connectivity index (χ1v) is 10.2. The molecular weight excluding hydrogens is 376 g/mol. The van der Waals surface area contributed by atoms with Crippen LogP contribution in [0.15, 0.2) is 24.3 Å². The van der Waals surface area contributed by atoms with E-state index in [9.17, 15) is 9.59 Å². The van der Waals surface area contributed by atoms with Crippen LogP contribution in [0.5, 0.6) is 0 Å². The van der Waals surface area contributed by atoms with Gasteiger partial charge in [0.05, 0.1) is 6.04 Å². The highest BCUT2D eigenvalue weighted by atomic mass is 35.5. The third-order valence-electron chi connectivity index (χ3n) is 6.18. The van der Waals surface area contributed by atoms with Crippen molar-refractivity contribution in [2.75, 3.05) is 31.5 Å². The second-order valence-electron chi connectivity index (χ2n) is 7.82. The van der Waals surface area contributed by atoms with E-state index in [0.29, 0.717) is 13.1 Å². The predicted molar refractivity (Wildman–Crippen MR) is 115 cm³/mol. The summed E-state index contributed by atoms with van der Waals surface area (Å²) in [6, 6.07) is 7.60. The van der Waals surface area contributed by atoms with Crippen molar-refractivity contribution < 1.29 is 9.59 Å². The molecule has 0 radical (unpaired) electrons. The maximum atomic E-state index is 12.6. The molecule has 2 unspecified atom stereocenters. The van der Waals surface area contributed by atoms with Crippen molar-refractivity contribution in [2.24, 2.45) is 11.3 Å². The summed E-state index contributed by atoms with van der Waals surface area (Å²) in [7, 11) is 0. The number of hydrogen-bond donors (Lipinski definition) is 3. The summed E-state index contributed by atoms with van der Waals surface area (Å²) in [6.45, 7) is 9.36. The van der Waals surface area contributed by atoms with E-state index in [0.717, 1.165) is 43.6 Å². The van der Waals surface area contributed by atoms with Crippen LogP contribution in [0, 0.1) is 11.3 Å². The Labute approximate surface area is 174 Å². The molecule has 0 aromatic heterocycles. The number of carbonyl (C=O) groups is 2. The molecule has 1 aromatic rings. The summed E-state index contributed by atoms with van der Waals surface area (Å²) in [5.41, 5.74) is 2.07. The van der Waals surface area contributed by atoms with Gasteiger partial charge in [-0.15, -0.1) is 12.4 Å². The Kier molecular flexibility index (Phi) is 7.72. The van der Waals surface area contributed by atoms with Gasteiger partial charge in [0, 0.05) is 24.7 Å². The van der Waals surface area contributed by atoms with Gasteiger partial charge in [0.2, 0.25) is 5.91 Å². The number of nitrogens with zero attached hydrogens (tertiary/aromatic N) is 1. The molecule has 7 heteroatoms. The average molecular weight is 409 g/mol. The van der Waals surface area contributed by atoms with Crippen LogP contribution in [-0.4, -0.2) is 43.0 Å². The minimum Gasteiger partial charge on any atom is -0.349 e. The Morgan fingerprint density at radius 2 is 1.79 bits per heavy atom. The van der Waals surface area contributed by atoms with Crippen LogP contribution in [0.3, 0.4) is 0 Å². The zero-order valence-electron chi connectivity index (χ0n) is 17.1. The van der Waals surface area contributed by atoms with Gasteiger partial charge in [0.25, 0.3) is 0 Å². The summed E-state index contributed by atoms with van der Waals surface area (Å²) in [5.74, 6) is 0.359.